The number of anilines is 1. The van der Waals surface area contributed by atoms with E-state index in [1.807, 2.05) is 18.2 Å². The second-order valence-corrected chi connectivity index (χ2v) is 7.03. The quantitative estimate of drug-likeness (QED) is 0.859. The van der Waals surface area contributed by atoms with Crippen molar-refractivity contribution in [2.45, 2.75) is 5.75 Å². The van der Waals surface area contributed by atoms with Crippen molar-refractivity contribution in [2.24, 2.45) is 5.73 Å². The van der Waals surface area contributed by atoms with Gasteiger partial charge in [0.05, 0.1) is 11.4 Å². The van der Waals surface area contributed by atoms with E-state index in [9.17, 15) is 8.42 Å². The van der Waals surface area contributed by atoms with Gasteiger partial charge in [0.1, 0.15) is 4.99 Å². The summed E-state index contributed by atoms with van der Waals surface area (Å²) in [5, 5.41) is 0. The van der Waals surface area contributed by atoms with Gasteiger partial charge in [-0.3, -0.25) is 4.31 Å². The van der Waals surface area contributed by atoms with Gasteiger partial charge >= 0.3 is 0 Å². The fraction of sp³-hybridized carbons (Fsp3) is 0.133. The summed E-state index contributed by atoms with van der Waals surface area (Å²) >= 11 is 4.98. The third-order valence-corrected chi connectivity index (χ3v) is 5.07. The lowest BCUT2D eigenvalue weighted by atomic mass is 10.2. The molecule has 0 aromatic heterocycles. The minimum absolute atomic E-state index is 0.0734. The number of para-hydroxylation sites is 1. The van der Waals surface area contributed by atoms with Crippen LogP contribution in [0.1, 0.15) is 11.1 Å². The Labute approximate surface area is 130 Å². The maximum Gasteiger partial charge on any atom is 0.239 e. The van der Waals surface area contributed by atoms with E-state index in [4.69, 9.17) is 18.0 Å². The van der Waals surface area contributed by atoms with Crippen molar-refractivity contribution >= 4 is 32.9 Å². The van der Waals surface area contributed by atoms with Crippen LogP contribution in [0, 0.1) is 0 Å². The highest BCUT2D eigenvalue weighted by molar-refractivity contribution is 7.92. The molecule has 0 aliphatic carbocycles. The van der Waals surface area contributed by atoms with Crippen LogP contribution in [0.25, 0.3) is 0 Å². The fourth-order valence-electron chi connectivity index (χ4n) is 1.99. The molecule has 0 heterocycles. The van der Waals surface area contributed by atoms with Gasteiger partial charge in [0.25, 0.3) is 0 Å². The van der Waals surface area contributed by atoms with Crippen molar-refractivity contribution in [3.05, 3.63) is 65.7 Å². The van der Waals surface area contributed by atoms with Crippen molar-refractivity contribution < 1.29 is 8.42 Å². The number of nitrogens with zero attached hydrogens (tertiary/aromatic N) is 1. The average Bonchev–Trinajstić information content (AvgIpc) is 2.47. The molecule has 0 amide bonds. The molecular formula is C15H16N2O2S2. The number of nitrogens with two attached hydrogens (primary N) is 1. The van der Waals surface area contributed by atoms with Crippen LogP contribution in [-0.2, 0) is 15.8 Å². The van der Waals surface area contributed by atoms with Crippen molar-refractivity contribution in [1.29, 1.82) is 0 Å². The molecule has 0 bridgehead atoms. The Morgan fingerprint density at radius 1 is 1.10 bits per heavy atom. The molecule has 2 rings (SSSR count). The number of rotatable bonds is 5. The smallest absolute Gasteiger partial charge is 0.239 e. The molecule has 2 aromatic carbocycles. The molecule has 110 valence electrons. The first kappa shape index (κ1) is 15.5. The van der Waals surface area contributed by atoms with Gasteiger partial charge in [-0.05, 0) is 17.7 Å². The highest BCUT2D eigenvalue weighted by Crippen LogP contribution is 2.23. The SMILES string of the molecule is CN(c1ccccc1C(N)=S)S(=O)(=O)Cc1ccccc1. The molecule has 0 atom stereocenters. The number of hydrogen-bond donors (Lipinski definition) is 1. The third kappa shape index (κ3) is 3.59. The van der Waals surface area contributed by atoms with Crippen LogP contribution in [0.4, 0.5) is 5.69 Å². The predicted octanol–water partition coefficient (Wildman–Crippen LogP) is 2.29. The molecule has 0 radical (unpaired) electrons. The molecular weight excluding hydrogens is 304 g/mol. The Morgan fingerprint density at radius 3 is 2.29 bits per heavy atom. The zero-order chi connectivity index (χ0) is 15.5. The lowest BCUT2D eigenvalue weighted by Crippen LogP contribution is -2.30. The van der Waals surface area contributed by atoms with Crippen LogP contribution in [0.15, 0.2) is 54.6 Å². The summed E-state index contributed by atoms with van der Waals surface area (Å²) in [5.74, 6) is -0.0734. The second-order valence-electron chi connectivity index (χ2n) is 4.59. The average molecular weight is 320 g/mol. The maximum absolute atomic E-state index is 12.5. The van der Waals surface area contributed by atoms with E-state index in [1.54, 1.807) is 36.4 Å². The van der Waals surface area contributed by atoms with Crippen LogP contribution < -0.4 is 10.0 Å². The van der Waals surface area contributed by atoms with Crippen LogP contribution in [0.5, 0.6) is 0 Å². The van der Waals surface area contributed by atoms with E-state index in [1.165, 1.54) is 11.4 Å². The summed E-state index contributed by atoms with van der Waals surface area (Å²) in [6, 6.07) is 16.0. The van der Waals surface area contributed by atoms with Gasteiger partial charge in [0, 0.05) is 12.6 Å². The molecule has 2 N–H and O–H groups in total. The van der Waals surface area contributed by atoms with E-state index >= 15 is 0 Å². The molecule has 21 heavy (non-hydrogen) atoms. The predicted molar refractivity (Wildman–Crippen MR) is 89.8 cm³/mol. The standard InChI is InChI=1S/C15H16N2O2S2/c1-17(14-10-6-5-9-13(14)15(16)20)21(18,19)11-12-7-3-2-4-8-12/h2-10H,11H2,1H3,(H2,16,20). The summed E-state index contributed by atoms with van der Waals surface area (Å²) in [6.45, 7) is 0. The van der Waals surface area contributed by atoms with E-state index < -0.39 is 10.0 Å². The molecule has 6 heteroatoms. The third-order valence-electron chi connectivity index (χ3n) is 3.12. The summed E-state index contributed by atoms with van der Waals surface area (Å²) in [7, 11) is -1.99. The van der Waals surface area contributed by atoms with Crippen molar-refractivity contribution in [3.63, 3.8) is 0 Å². The second kappa shape index (κ2) is 6.24. The van der Waals surface area contributed by atoms with Crippen LogP contribution in [0.3, 0.4) is 0 Å². The molecule has 0 aliphatic rings. The number of benzene rings is 2. The lowest BCUT2D eigenvalue weighted by Gasteiger charge is -2.22. The fourth-order valence-corrected chi connectivity index (χ4v) is 3.43. The summed E-state index contributed by atoms with van der Waals surface area (Å²) < 4.78 is 26.3. The molecule has 0 saturated carbocycles. The lowest BCUT2D eigenvalue weighted by molar-refractivity contribution is 0.593. The highest BCUT2D eigenvalue weighted by atomic mass is 32.2. The molecule has 0 saturated heterocycles. The number of hydrogen-bond acceptors (Lipinski definition) is 3. The van der Waals surface area contributed by atoms with Gasteiger partial charge in [-0.25, -0.2) is 8.42 Å². The van der Waals surface area contributed by atoms with Gasteiger partial charge in [0.15, 0.2) is 0 Å². The normalized spacial score (nSPS) is 11.1. The molecule has 0 aliphatic heterocycles. The summed E-state index contributed by atoms with van der Waals surface area (Å²) in [6.07, 6.45) is 0. The molecule has 4 nitrogen and oxygen atoms in total. The van der Waals surface area contributed by atoms with E-state index in [0.717, 1.165) is 5.56 Å². The number of sulfonamides is 1. The van der Waals surface area contributed by atoms with E-state index in [-0.39, 0.29) is 10.7 Å². The van der Waals surface area contributed by atoms with Crippen LogP contribution >= 0.6 is 12.2 Å². The van der Waals surface area contributed by atoms with Gasteiger partial charge in [-0.2, -0.15) is 0 Å². The van der Waals surface area contributed by atoms with Crippen LogP contribution in [0.2, 0.25) is 0 Å². The van der Waals surface area contributed by atoms with Crippen LogP contribution in [-0.4, -0.2) is 20.5 Å². The Bertz CT molecular complexity index is 743. The first-order valence-electron chi connectivity index (χ1n) is 6.31. The zero-order valence-corrected chi connectivity index (χ0v) is 13.2. The van der Waals surface area contributed by atoms with E-state index in [0.29, 0.717) is 11.3 Å². The molecule has 0 unspecified atom stereocenters. The monoisotopic (exact) mass is 320 g/mol. The van der Waals surface area contributed by atoms with Crippen molar-refractivity contribution in [1.82, 2.24) is 0 Å². The largest absolute Gasteiger partial charge is 0.389 e. The topological polar surface area (TPSA) is 63.4 Å². The Hall–Kier alpha value is -1.92. The summed E-state index contributed by atoms with van der Waals surface area (Å²) in [5.41, 5.74) is 7.43. The zero-order valence-electron chi connectivity index (χ0n) is 11.6. The number of thiocarbonyl (C=S) groups is 1. The first-order chi connectivity index (χ1) is 9.92. The maximum atomic E-state index is 12.5. The van der Waals surface area contributed by atoms with Gasteiger partial charge in [-0.1, -0.05) is 54.7 Å². The first-order valence-corrected chi connectivity index (χ1v) is 8.33. The van der Waals surface area contributed by atoms with Crippen molar-refractivity contribution in [3.8, 4) is 0 Å². The minimum Gasteiger partial charge on any atom is -0.389 e. The van der Waals surface area contributed by atoms with Gasteiger partial charge in [0.2, 0.25) is 10.0 Å². The Kier molecular flexibility index (Phi) is 4.59. The highest BCUT2D eigenvalue weighted by Gasteiger charge is 2.21. The van der Waals surface area contributed by atoms with Gasteiger partial charge in [-0.15, -0.1) is 0 Å². The molecule has 2 aromatic rings. The molecule has 0 fully saturated rings. The Balaban J connectivity index is 2.35. The molecule has 0 spiro atoms. The Morgan fingerprint density at radius 2 is 1.67 bits per heavy atom. The minimum atomic E-state index is -3.50. The van der Waals surface area contributed by atoms with Crippen molar-refractivity contribution in [2.75, 3.05) is 11.4 Å². The van der Waals surface area contributed by atoms with Gasteiger partial charge < -0.3 is 5.73 Å². The van der Waals surface area contributed by atoms with E-state index in [2.05, 4.69) is 0 Å². The summed E-state index contributed by atoms with van der Waals surface area (Å²) in [4.78, 5) is 0.173.